The third-order valence-electron chi connectivity index (χ3n) is 6.20. The Labute approximate surface area is 180 Å². The van der Waals surface area contributed by atoms with Crippen LogP contribution < -0.4 is 10.6 Å². The molecule has 1 atom stereocenters. The highest BCUT2D eigenvalue weighted by atomic mass is 16.5. The number of carbonyl (C=O) groups is 1. The van der Waals surface area contributed by atoms with Crippen LogP contribution in [0, 0.1) is 5.92 Å². The number of piperidine rings is 1. The SMILES string of the molecule is CCC(CC)C(=O)N1CCC(NC(=NCC2CCCO2)NCCc2ccco2)CC1. The maximum Gasteiger partial charge on any atom is 0.225 e. The average Bonchev–Trinajstić information content (AvgIpc) is 3.47. The molecular weight excluding hydrogens is 380 g/mol. The summed E-state index contributed by atoms with van der Waals surface area (Å²) in [6.07, 6.45) is 8.70. The van der Waals surface area contributed by atoms with Crippen molar-refractivity contribution < 1.29 is 13.9 Å². The zero-order valence-corrected chi connectivity index (χ0v) is 18.6. The molecular formula is C23H38N4O3. The average molecular weight is 419 g/mol. The van der Waals surface area contributed by atoms with E-state index in [1.165, 1.54) is 0 Å². The van der Waals surface area contributed by atoms with Gasteiger partial charge in [0.1, 0.15) is 5.76 Å². The van der Waals surface area contributed by atoms with Crippen LogP contribution in [0.4, 0.5) is 0 Å². The summed E-state index contributed by atoms with van der Waals surface area (Å²) >= 11 is 0. The Kier molecular flexibility index (Phi) is 9.05. The molecule has 0 bridgehead atoms. The molecule has 0 spiro atoms. The van der Waals surface area contributed by atoms with E-state index in [1.54, 1.807) is 6.26 Å². The minimum atomic E-state index is 0.168. The van der Waals surface area contributed by atoms with Crippen LogP contribution >= 0.6 is 0 Å². The lowest BCUT2D eigenvalue weighted by atomic mass is 9.98. The fourth-order valence-corrected chi connectivity index (χ4v) is 4.23. The molecule has 1 unspecified atom stereocenters. The number of hydrogen-bond donors (Lipinski definition) is 2. The lowest BCUT2D eigenvalue weighted by Gasteiger charge is -2.35. The first kappa shape index (κ1) is 22.7. The molecule has 2 fully saturated rings. The Morgan fingerprint density at radius 1 is 1.27 bits per heavy atom. The van der Waals surface area contributed by atoms with Gasteiger partial charge in [0.15, 0.2) is 5.96 Å². The van der Waals surface area contributed by atoms with Crippen LogP contribution in [0.25, 0.3) is 0 Å². The van der Waals surface area contributed by atoms with E-state index in [-0.39, 0.29) is 12.0 Å². The number of rotatable bonds is 9. The minimum absolute atomic E-state index is 0.168. The Hall–Kier alpha value is -2.02. The van der Waals surface area contributed by atoms with Crippen LogP contribution in [0.1, 0.15) is 58.1 Å². The lowest BCUT2D eigenvalue weighted by molar-refractivity contribution is -0.136. The van der Waals surface area contributed by atoms with Crippen LogP contribution in [0.15, 0.2) is 27.8 Å². The van der Waals surface area contributed by atoms with Gasteiger partial charge in [-0.3, -0.25) is 9.79 Å². The van der Waals surface area contributed by atoms with Gasteiger partial charge in [-0.25, -0.2) is 0 Å². The molecule has 1 aromatic heterocycles. The number of furan rings is 1. The third-order valence-corrected chi connectivity index (χ3v) is 6.20. The van der Waals surface area contributed by atoms with Crippen LogP contribution in [-0.2, 0) is 16.0 Å². The number of nitrogens with zero attached hydrogens (tertiary/aromatic N) is 2. The molecule has 0 aromatic carbocycles. The third kappa shape index (κ3) is 6.76. The maximum atomic E-state index is 12.6. The van der Waals surface area contributed by atoms with Crippen molar-refractivity contribution in [1.29, 1.82) is 0 Å². The second-order valence-corrected chi connectivity index (χ2v) is 8.34. The Morgan fingerprint density at radius 2 is 2.07 bits per heavy atom. The van der Waals surface area contributed by atoms with Gasteiger partial charge in [0.2, 0.25) is 5.91 Å². The molecule has 1 aromatic rings. The van der Waals surface area contributed by atoms with Gasteiger partial charge in [0, 0.05) is 44.6 Å². The maximum absolute atomic E-state index is 12.6. The number of likely N-dealkylation sites (tertiary alicyclic amines) is 1. The number of guanidine groups is 1. The molecule has 0 saturated carbocycles. The standard InChI is InChI=1S/C23H38N4O3/c1-3-18(4-2)22(28)27-13-10-19(11-14-27)26-23(25-17-21-8-6-16-30-21)24-12-9-20-7-5-15-29-20/h5,7,15,18-19,21H,3-4,6,8-14,16-17H2,1-2H3,(H2,24,25,26). The summed E-state index contributed by atoms with van der Waals surface area (Å²) in [5.41, 5.74) is 0. The zero-order valence-electron chi connectivity index (χ0n) is 18.6. The summed E-state index contributed by atoms with van der Waals surface area (Å²) < 4.78 is 11.1. The van der Waals surface area contributed by atoms with E-state index in [2.05, 4.69) is 24.5 Å². The van der Waals surface area contributed by atoms with Crippen LogP contribution in [0.3, 0.4) is 0 Å². The minimum Gasteiger partial charge on any atom is -0.469 e. The van der Waals surface area contributed by atoms with Gasteiger partial charge in [-0.05, 0) is 50.7 Å². The fourth-order valence-electron chi connectivity index (χ4n) is 4.23. The highest BCUT2D eigenvalue weighted by molar-refractivity contribution is 5.80. The molecule has 0 radical (unpaired) electrons. The normalized spacial score (nSPS) is 20.7. The van der Waals surface area contributed by atoms with Gasteiger partial charge in [0.05, 0.1) is 18.9 Å². The summed E-state index contributed by atoms with van der Waals surface area (Å²) in [4.78, 5) is 19.5. The highest BCUT2D eigenvalue weighted by Gasteiger charge is 2.27. The Morgan fingerprint density at radius 3 is 2.70 bits per heavy atom. The molecule has 7 nitrogen and oxygen atoms in total. The van der Waals surface area contributed by atoms with Gasteiger partial charge in [-0.15, -0.1) is 0 Å². The molecule has 2 N–H and O–H groups in total. The molecule has 2 aliphatic rings. The van der Waals surface area contributed by atoms with E-state index in [4.69, 9.17) is 14.1 Å². The first-order valence-electron chi connectivity index (χ1n) is 11.7. The van der Waals surface area contributed by atoms with Crippen molar-refractivity contribution in [1.82, 2.24) is 15.5 Å². The Bertz CT molecular complexity index is 643. The number of ether oxygens (including phenoxy) is 1. The summed E-state index contributed by atoms with van der Waals surface area (Å²) in [5.74, 6) is 2.29. The van der Waals surface area contributed by atoms with Crippen molar-refractivity contribution in [3.05, 3.63) is 24.2 Å². The van der Waals surface area contributed by atoms with Gasteiger partial charge in [0.25, 0.3) is 0 Å². The fraction of sp³-hybridized carbons (Fsp3) is 0.739. The summed E-state index contributed by atoms with van der Waals surface area (Å²) in [6.45, 7) is 8.13. The highest BCUT2D eigenvalue weighted by Crippen LogP contribution is 2.17. The van der Waals surface area contributed by atoms with Crippen molar-refractivity contribution in [3.8, 4) is 0 Å². The molecule has 3 rings (SSSR count). The van der Waals surface area contributed by atoms with E-state index in [0.717, 1.165) is 82.9 Å². The number of nitrogens with one attached hydrogen (secondary N) is 2. The molecule has 168 valence electrons. The largest absolute Gasteiger partial charge is 0.469 e. The number of carbonyl (C=O) groups excluding carboxylic acids is 1. The van der Waals surface area contributed by atoms with Gasteiger partial charge < -0.3 is 24.7 Å². The predicted molar refractivity (Wildman–Crippen MR) is 119 cm³/mol. The van der Waals surface area contributed by atoms with E-state index in [1.807, 2.05) is 17.0 Å². The van der Waals surface area contributed by atoms with E-state index >= 15 is 0 Å². The molecule has 2 saturated heterocycles. The molecule has 1 amide bonds. The molecule has 3 heterocycles. The van der Waals surface area contributed by atoms with Crippen LogP contribution in [-0.4, -0.2) is 61.7 Å². The quantitative estimate of drug-likeness (QED) is 0.476. The first-order chi connectivity index (χ1) is 14.7. The van der Waals surface area contributed by atoms with Crippen molar-refractivity contribution in [2.24, 2.45) is 10.9 Å². The summed E-state index contributed by atoms with van der Waals surface area (Å²) in [6, 6.07) is 4.23. The first-order valence-corrected chi connectivity index (χ1v) is 11.7. The van der Waals surface area contributed by atoms with E-state index in [9.17, 15) is 4.79 Å². The van der Waals surface area contributed by atoms with Gasteiger partial charge in [-0.1, -0.05) is 13.8 Å². The Balaban J connectivity index is 1.49. The van der Waals surface area contributed by atoms with Crippen LogP contribution in [0.5, 0.6) is 0 Å². The van der Waals surface area contributed by atoms with Crippen molar-refractivity contribution in [2.45, 2.75) is 70.9 Å². The molecule has 2 aliphatic heterocycles. The lowest BCUT2D eigenvalue weighted by Crippen LogP contribution is -2.51. The second kappa shape index (κ2) is 12.0. The van der Waals surface area contributed by atoms with Crippen molar-refractivity contribution in [2.75, 3.05) is 32.8 Å². The number of hydrogen-bond acceptors (Lipinski definition) is 4. The summed E-state index contributed by atoms with van der Waals surface area (Å²) in [5, 5.41) is 7.03. The predicted octanol–water partition coefficient (Wildman–Crippen LogP) is 2.96. The van der Waals surface area contributed by atoms with Crippen molar-refractivity contribution in [3.63, 3.8) is 0 Å². The zero-order chi connectivity index (χ0) is 21.2. The van der Waals surface area contributed by atoms with E-state index in [0.29, 0.717) is 18.5 Å². The second-order valence-electron chi connectivity index (χ2n) is 8.34. The number of aliphatic imine (C=N–C) groups is 1. The summed E-state index contributed by atoms with van der Waals surface area (Å²) in [7, 11) is 0. The smallest absolute Gasteiger partial charge is 0.225 e. The monoisotopic (exact) mass is 418 g/mol. The van der Waals surface area contributed by atoms with Crippen molar-refractivity contribution >= 4 is 11.9 Å². The molecule has 30 heavy (non-hydrogen) atoms. The topological polar surface area (TPSA) is 79.1 Å². The van der Waals surface area contributed by atoms with Crippen LogP contribution in [0.2, 0.25) is 0 Å². The van der Waals surface area contributed by atoms with Gasteiger partial charge in [-0.2, -0.15) is 0 Å². The van der Waals surface area contributed by atoms with Gasteiger partial charge >= 0.3 is 0 Å². The molecule has 0 aliphatic carbocycles. The number of amides is 1. The van der Waals surface area contributed by atoms with E-state index < -0.39 is 0 Å². The molecule has 7 heteroatoms.